The van der Waals surface area contributed by atoms with Crippen LogP contribution in [0.4, 0.5) is 5.95 Å². The molecule has 0 aliphatic heterocycles. The zero-order valence-corrected chi connectivity index (χ0v) is 7.43. The standard InChI is InChI=1S/C9H13N3O/c13-7-6-12(8-2-3-8)9-10-4-1-5-11-9/h1,4-5,8,13H,2-3,6-7H2. The Kier molecular flexibility index (Phi) is 2.40. The maximum atomic E-state index is 8.88. The van der Waals surface area contributed by atoms with Crippen molar-refractivity contribution in [2.75, 3.05) is 18.1 Å². The smallest absolute Gasteiger partial charge is 0.225 e. The van der Waals surface area contributed by atoms with Crippen molar-refractivity contribution in [3.8, 4) is 0 Å². The quantitative estimate of drug-likeness (QED) is 0.728. The third kappa shape index (κ3) is 1.95. The van der Waals surface area contributed by atoms with Gasteiger partial charge in [0.1, 0.15) is 0 Å². The number of aliphatic hydroxyl groups is 1. The minimum Gasteiger partial charge on any atom is -0.395 e. The number of aromatic nitrogens is 2. The Morgan fingerprint density at radius 3 is 2.62 bits per heavy atom. The van der Waals surface area contributed by atoms with Crippen molar-refractivity contribution in [3.63, 3.8) is 0 Å². The van der Waals surface area contributed by atoms with E-state index in [2.05, 4.69) is 14.9 Å². The van der Waals surface area contributed by atoms with Crippen LogP contribution in [0.15, 0.2) is 18.5 Å². The lowest BCUT2D eigenvalue weighted by molar-refractivity contribution is 0.300. The summed E-state index contributed by atoms with van der Waals surface area (Å²) in [6.07, 6.45) is 5.85. The van der Waals surface area contributed by atoms with E-state index in [1.165, 1.54) is 12.8 Å². The lowest BCUT2D eigenvalue weighted by Crippen LogP contribution is -2.30. The zero-order valence-electron chi connectivity index (χ0n) is 7.43. The van der Waals surface area contributed by atoms with E-state index in [4.69, 9.17) is 5.11 Å². The van der Waals surface area contributed by atoms with Crippen LogP contribution in [0, 0.1) is 0 Å². The predicted molar refractivity (Wildman–Crippen MR) is 49.5 cm³/mol. The summed E-state index contributed by atoms with van der Waals surface area (Å²) in [5.74, 6) is 0.735. The van der Waals surface area contributed by atoms with Gasteiger partial charge in [-0.15, -0.1) is 0 Å². The van der Waals surface area contributed by atoms with E-state index in [1.807, 2.05) is 0 Å². The molecule has 0 amide bonds. The summed E-state index contributed by atoms with van der Waals surface area (Å²) >= 11 is 0. The van der Waals surface area contributed by atoms with E-state index in [-0.39, 0.29) is 6.61 Å². The zero-order chi connectivity index (χ0) is 9.10. The molecule has 0 radical (unpaired) electrons. The van der Waals surface area contributed by atoms with Gasteiger partial charge in [0.25, 0.3) is 0 Å². The highest BCUT2D eigenvalue weighted by atomic mass is 16.3. The van der Waals surface area contributed by atoms with Crippen molar-refractivity contribution in [1.29, 1.82) is 0 Å². The first-order chi connectivity index (χ1) is 6.42. The molecule has 1 saturated carbocycles. The molecule has 4 heteroatoms. The van der Waals surface area contributed by atoms with Crippen molar-refractivity contribution in [2.45, 2.75) is 18.9 Å². The van der Waals surface area contributed by atoms with Crippen molar-refractivity contribution in [2.24, 2.45) is 0 Å². The van der Waals surface area contributed by atoms with Gasteiger partial charge in [0.2, 0.25) is 5.95 Å². The van der Waals surface area contributed by atoms with Crippen LogP contribution in [0.2, 0.25) is 0 Å². The van der Waals surface area contributed by atoms with E-state index in [1.54, 1.807) is 18.5 Å². The molecule has 1 aromatic heterocycles. The molecule has 0 aromatic carbocycles. The fourth-order valence-corrected chi connectivity index (χ4v) is 1.38. The summed E-state index contributed by atoms with van der Waals surface area (Å²) in [6, 6.07) is 2.35. The Morgan fingerprint density at radius 1 is 1.38 bits per heavy atom. The van der Waals surface area contributed by atoms with Gasteiger partial charge in [-0.2, -0.15) is 0 Å². The summed E-state index contributed by atoms with van der Waals surface area (Å²) in [7, 11) is 0. The highest BCUT2D eigenvalue weighted by Gasteiger charge is 2.30. The van der Waals surface area contributed by atoms with E-state index < -0.39 is 0 Å². The van der Waals surface area contributed by atoms with E-state index in [0.29, 0.717) is 12.6 Å². The summed E-state index contributed by atoms with van der Waals surface area (Å²) < 4.78 is 0. The van der Waals surface area contributed by atoms with Crippen molar-refractivity contribution in [1.82, 2.24) is 9.97 Å². The molecule has 1 N–H and O–H groups in total. The number of hydrogen-bond donors (Lipinski definition) is 1. The topological polar surface area (TPSA) is 49.2 Å². The molecule has 70 valence electrons. The maximum absolute atomic E-state index is 8.88. The number of nitrogens with zero attached hydrogens (tertiary/aromatic N) is 3. The van der Waals surface area contributed by atoms with Crippen LogP contribution in [-0.2, 0) is 0 Å². The molecule has 1 aliphatic carbocycles. The van der Waals surface area contributed by atoms with Gasteiger partial charge in [-0.3, -0.25) is 0 Å². The van der Waals surface area contributed by atoms with Gasteiger partial charge in [0.15, 0.2) is 0 Å². The molecule has 0 bridgehead atoms. The second-order valence-corrected chi connectivity index (χ2v) is 3.20. The van der Waals surface area contributed by atoms with Gasteiger partial charge in [0, 0.05) is 25.0 Å². The highest BCUT2D eigenvalue weighted by Crippen LogP contribution is 2.28. The van der Waals surface area contributed by atoms with Gasteiger partial charge in [0.05, 0.1) is 6.61 Å². The van der Waals surface area contributed by atoms with Crippen LogP contribution in [-0.4, -0.2) is 34.3 Å². The third-order valence-electron chi connectivity index (χ3n) is 2.14. The van der Waals surface area contributed by atoms with Gasteiger partial charge in [-0.05, 0) is 18.9 Å². The third-order valence-corrected chi connectivity index (χ3v) is 2.14. The molecule has 1 fully saturated rings. The van der Waals surface area contributed by atoms with Crippen LogP contribution < -0.4 is 4.90 Å². The second kappa shape index (κ2) is 3.70. The molecule has 1 heterocycles. The van der Waals surface area contributed by atoms with Crippen molar-refractivity contribution < 1.29 is 5.11 Å². The fraction of sp³-hybridized carbons (Fsp3) is 0.556. The summed E-state index contributed by atoms with van der Waals surface area (Å²) in [5, 5.41) is 8.88. The lowest BCUT2D eigenvalue weighted by atomic mass is 10.5. The summed E-state index contributed by atoms with van der Waals surface area (Å²) in [5.41, 5.74) is 0. The van der Waals surface area contributed by atoms with Gasteiger partial charge >= 0.3 is 0 Å². The molecule has 1 aromatic rings. The number of rotatable bonds is 4. The molecule has 0 spiro atoms. The first kappa shape index (κ1) is 8.44. The van der Waals surface area contributed by atoms with E-state index in [0.717, 1.165) is 5.95 Å². The number of hydrogen-bond acceptors (Lipinski definition) is 4. The van der Waals surface area contributed by atoms with Crippen LogP contribution in [0.25, 0.3) is 0 Å². The lowest BCUT2D eigenvalue weighted by Gasteiger charge is -2.20. The van der Waals surface area contributed by atoms with Crippen LogP contribution >= 0.6 is 0 Å². The maximum Gasteiger partial charge on any atom is 0.225 e. The van der Waals surface area contributed by atoms with Gasteiger partial charge in [-0.25, -0.2) is 9.97 Å². The molecule has 4 nitrogen and oxygen atoms in total. The van der Waals surface area contributed by atoms with E-state index in [9.17, 15) is 0 Å². The molecule has 2 rings (SSSR count). The Bertz CT molecular complexity index is 261. The molecule has 0 unspecified atom stereocenters. The number of aliphatic hydroxyl groups excluding tert-OH is 1. The normalized spacial score (nSPS) is 15.8. The number of anilines is 1. The Balaban J connectivity index is 2.10. The Morgan fingerprint density at radius 2 is 2.08 bits per heavy atom. The first-order valence-corrected chi connectivity index (χ1v) is 4.56. The first-order valence-electron chi connectivity index (χ1n) is 4.56. The Labute approximate surface area is 77.2 Å². The minimum absolute atomic E-state index is 0.161. The largest absolute Gasteiger partial charge is 0.395 e. The predicted octanol–water partition coefficient (Wildman–Crippen LogP) is 0.438. The molecule has 13 heavy (non-hydrogen) atoms. The van der Waals surface area contributed by atoms with Crippen LogP contribution in [0.1, 0.15) is 12.8 Å². The monoisotopic (exact) mass is 179 g/mol. The average molecular weight is 179 g/mol. The Hall–Kier alpha value is -1.16. The van der Waals surface area contributed by atoms with Crippen LogP contribution in [0.3, 0.4) is 0 Å². The second-order valence-electron chi connectivity index (χ2n) is 3.20. The molecule has 0 atom stereocenters. The summed E-state index contributed by atoms with van der Waals surface area (Å²) in [4.78, 5) is 10.4. The van der Waals surface area contributed by atoms with Gasteiger partial charge < -0.3 is 10.0 Å². The molecule has 0 saturated heterocycles. The fourth-order valence-electron chi connectivity index (χ4n) is 1.38. The minimum atomic E-state index is 0.161. The molecular weight excluding hydrogens is 166 g/mol. The summed E-state index contributed by atoms with van der Waals surface area (Å²) in [6.45, 7) is 0.795. The van der Waals surface area contributed by atoms with E-state index >= 15 is 0 Å². The van der Waals surface area contributed by atoms with Gasteiger partial charge in [-0.1, -0.05) is 0 Å². The van der Waals surface area contributed by atoms with Crippen LogP contribution in [0.5, 0.6) is 0 Å². The SMILES string of the molecule is OCCN(c1ncccn1)C1CC1. The van der Waals surface area contributed by atoms with Crippen molar-refractivity contribution >= 4 is 5.95 Å². The highest BCUT2D eigenvalue weighted by molar-refractivity contribution is 5.32. The molecule has 1 aliphatic rings. The average Bonchev–Trinajstić information content (AvgIpc) is 2.99. The van der Waals surface area contributed by atoms with Crippen molar-refractivity contribution in [3.05, 3.63) is 18.5 Å². The molecular formula is C9H13N3O.